The Kier molecular flexibility index (Phi) is 8.07. The maximum atomic E-state index is 12.7. The minimum atomic E-state index is -0.560. The van der Waals surface area contributed by atoms with E-state index in [2.05, 4.69) is 10.6 Å². The Morgan fingerprint density at radius 1 is 1.07 bits per heavy atom. The average Bonchev–Trinajstić information content (AvgIpc) is 2.69. The standard InChI is InChI=1S/C20H29N3O3.ClH/c21-14-20(10-12-26-13-11-20)19(25)23-17-8-6-15(7-9-17)18(24)22-16-4-2-1-3-5-16;/h6-9,16H,1-5,10-14,21H2,(H,22,24)(H,23,25);1H. The van der Waals surface area contributed by atoms with Gasteiger partial charge in [0, 0.05) is 37.1 Å². The topological polar surface area (TPSA) is 93.5 Å². The molecule has 1 saturated carbocycles. The number of hydrogen-bond donors (Lipinski definition) is 3. The van der Waals surface area contributed by atoms with Crippen molar-refractivity contribution >= 4 is 29.9 Å². The molecule has 0 bridgehead atoms. The first kappa shape index (κ1) is 21.7. The molecule has 2 amide bonds. The number of carbonyl (C=O) groups excluding carboxylic acids is 2. The van der Waals surface area contributed by atoms with Crippen LogP contribution in [-0.4, -0.2) is 37.6 Å². The lowest BCUT2D eigenvalue weighted by molar-refractivity contribution is -0.130. The zero-order valence-corrected chi connectivity index (χ0v) is 16.5. The zero-order valence-electron chi connectivity index (χ0n) is 15.7. The second-order valence-corrected chi connectivity index (χ2v) is 7.44. The number of carbonyl (C=O) groups is 2. The summed E-state index contributed by atoms with van der Waals surface area (Å²) in [5.74, 6) is -0.111. The van der Waals surface area contributed by atoms with E-state index in [9.17, 15) is 9.59 Å². The predicted molar refractivity (Wildman–Crippen MR) is 108 cm³/mol. The van der Waals surface area contributed by atoms with E-state index in [1.54, 1.807) is 24.3 Å². The number of ether oxygens (including phenoxy) is 1. The smallest absolute Gasteiger partial charge is 0.251 e. The van der Waals surface area contributed by atoms with Crippen molar-refractivity contribution < 1.29 is 14.3 Å². The van der Waals surface area contributed by atoms with Crippen molar-refractivity contribution in [1.29, 1.82) is 0 Å². The molecule has 1 aliphatic carbocycles. The molecule has 0 atom stereocenters. The average molecular weight is 396 g/mol. The molecule has 2 fully saturated rings. The maximum Gasteiger partial charge on any atom is 0.251 e. The van der Waals surface area contributed by atoms with Crippen LogP contribution in [0.5, 0.6) is 0 Å². The number of hydrogen-bond acceptors (Lipinski definition) is 4. The highest BCUT2D eigenvalue weighted by Gasteiger charge is 2.38. The largest absolute Gasteiger partial charge is 0.381 e. The Morgan fingerprint density at radius 3 is 2.30 bits per heavy atom. The molecule has 150 valence electrons. The van der Waals surface area contributed by atoms with Crippen molar-refractivity contribution in [2.75, 3.05) is 25.1 Å². The minimum absolute atomic E-state index is 0. The van der Waals surface area contributed by atoms with Gasteiger partial charge >= 0.3 is 0 Å². The highest BCUT2D eigenvalue weighted by atomic mass is 35.5. The van der Waals surface area contributed by atoms with Gasteiger partial charge in [-0.1, -0.05) is 19.3 Å². The Labute approximate surface area is 167 Å². The van der Waals surface area contributed by atoms with Gasteiger partial charge in [0.1, 0.15) is 0 Å². The number of halogens is 1. The molecule has 3 rings (SSSR count). The van der Waals surface area contributed by atoms with E-state index >= 15 is 0 Å². The van der Waals surface area contributed by atoms with Crippen LogP contribution in [0, 0.1) is 5.41 Å². The Morgan fingerprint density at radius 2 is 1.70 bits per heavy atom. The van der Waals surface area contributed by atoms with E-state index in [-0.39, 0.29) is 30.3 Å². The van der Waals surface area contributed by atoms with Crippen molar-refractivity contribution in [3.05, 3.63) is 29.8 Å². The van der Waals surface area contributed by atoms with Crippen LogP contribution >= 0.6 is 12.4 Å². The maximum absolute atomic E-state index is 12.7. The third-order valence-corrected chi connectivity index (χ3v) is 5.67. The molecule has 1 aliphatic heterocycles. The number of anilines is 1. The first-order chi connectivity index (χ1) is 12.6. The molecule has 1 heterocycles. The lowest BCUT2D eigenvalue weighted by atomic mass is 9.79. The molecule has 0 aromatic heterocycles. The second kappa shape index (κ2) is 10.1. The summed E-state index contributed by atoms with van der Waals surface area (Å²) in [6, 6.07) is 7.35. The van der Waals surface area contributed by atoms with Gasteiger partial charge < -0.3 is 21.1 Å². The normalized spacial score (nSPS) is 19.6. The van der Waals surface area contributed by atoms with E-state index in [0.717, 1.165) is 12.8 Å². The first-order valence-corrected chi connectivity index (χ1v) is 9.63. The number of nitrogens with two attached hydrogens (primary N) is 1. The van der Waals surface area contributed by atoms with Gasteiger partial charge in [-0.05, 0) is 49.9 Å². The van der Waals surface area contributed by atoms with Crippen LogP contribution in [-0.2, 0) is 9.53 Å². The predicted octanol–water partition coefficient (Wildman–Crippen LogP) is 2.86. The molecule has 1 saturated heterocycles. The summed E-state index contributed by atoms with van der Waals surface area (Å²) in [7, 11) is 0. The summed E-state index contributed by atoms with van der Waals surface area (Å²) in [6.45, 7) is 1.43. The monoisotopic (exact) mass is 395 g/mol. The van der Waals surface area contributed by atoms with Crippen LogP contribution in [0.1, 0.15) is 55.3 Å². The summed E-state index contributed by atoms with van der Waals surface area (Å²) in [6.07, 6.45) is 7.02. The van der Waals surface area contributed by atoms with Crippen molar-refractivity contribution in [3.8, 4) is 0 Å². The first-order valence-electron chi connectivity index (χ1n) is 9.63. The van der Waals surface area contributed by atoms with Crippen molar-refractivity contribution in [1.82, 2.24) is 5.32 Å². The molecular weight excluding hydrogens is 366 g/mol. The van der Waals surface area contributed by atoms with Crippen LogP contribution in [0.4, 0.5) is 5.69 Å². The lowest BCUT2D eigenvalue weighted by Crippen LogP contribution is -2.46. The van der Waals surface area contributed by atoms with Crippen molar-refractivity contribution in [2.45, 2.75) is 51.0 Å². The number of benzene rings is 1. The molecule has 0 spiro atoms. The zero-order chi connectivity index (χ0) is 18.4. The van der Waals surface area contributed by atoms with Crippen LogP contribution in [0.25, 0.3) is 0 Å². The van der Waals surface area contributed by atoms with Gasteiger partial charge in [-0.3, -0.25) is 9.59 Å². The van der Waals surface area contributed by atoms with E-state index in [1.807, 2.05) is 0 Å². The van der Waals surface area contributed by atoms with Crippen LogP contribution in [0.3, 0.4) is 0 Å². The van der Waals surface area contributed by atoms with E-state index in [1.165, 1.54) is 19.3 Å². The fourth-order valence-corrected chi connectivity index (χ4v) is 3.77. The third kappa shape index (κ3) is 5.43. The molecule has 1 aromatic rings. The van der Waals surface area contributed by atoms with Crippen LogP contribution in [0.15, 0.2) is 24.3 Å². The molecular formula is C20H30ClN3O3. The fourth-order valence-electron chi connectivity index (χ4n) is 3.77. The minimum Gasteiger partial charge on any atom is -0.381 e. The summed E-state index contributed by atoms with van der Waals surface area (Å²) in [4.78, 5) is 25.0. The molecule has 4 N–H and O–H groups in total. The van der Waals surface area contributed by atoms with Gasteiger partial charge in [-0.15, -0.1) is 12.4 Å². The molecule has 1 aromatic carbocycles. The summed E-state index contributed by atoms with van der Waals surface area (Å²) in [5.41, 5.74) is 6.62. The van der Waals surface area contributed by atoms with Crippen LogP contribution < -0.4 is 16.4 Å². The fraction of sp³-hybridized carbons (Fsp3) is 0.600. The molecule has 0 radical (unpaired) electrons. The van der Waals surface area contributed by atoms with E-state index < -0.39 is 5.41 Å². The Hall–Kier alpha value is -1.63. The number of rotatable bonds is 5. The van der Waals surface area contributed by atoms with Gasteiger partial charge in [0.05, 0.1) is 5.41 Å². The highest BCUT2D eigenvalue weighted by molar-refractivity contribution is 5.97. The highest BCUT2D eigenvalue weighted by Crippen LogP contribution is 2.31. The molecule has 0 unspecified atom stereocenters. The van der Waals surface area contributed by atoms with Gasteiger partial charge in [0.2, 0.25) is 5.91 Å². The Balaban J connectivity index is 0.00000261. The van der Waals surface area contributed by atoms with Crippen molar-refractivity contribution in [2.24, 2.45) is 11.1 Å². The van der Waals surface area contributed by atoms with Gasteiger partial charge in [-0.2, -0.15) is 0 Å². The summed E-state index contributed by atoms with van der Waals surface area (Å²) >= 11 is 0. The summed E-state index contributed by atoms with van der Waals surface area (Å²) < 4.78 is 5.35. The Bertz CT molecular complexity index is 624. The SMILES string of the molecule is Cl.NCC1(C(=O)Nc2ccc(C(=O)NC3CCCCC3)cc2)CCOCC1. The lowest BCUT2D eigenvalue weighted by Gasteiger charge is -2.34. The second-order valence-electron chi connectivity index (χ2n) is 7.44. The number of amides is 2. The van der Waals surface area contributed by atoms with Gasteiger partial charge in [0.25, 0.3) is 5.91 Å². The van der Waals surface area contributed by atoms with Gasteiger partial charge in [-0.25, -0.2) is 0 Å². The van der Waals surface area contributed by atoms with Crippen molar-refractivity contribution in [3.63, 3.8) is 0 Å². The number of nitrogens with one attached hydrogen (secondary N) is 2. The van der Waals surface area contributed by atoms with Gasteiger partial charge in [0.15, 0.2) is 0 Å². The molecule has 7 heteroatoms. The molecule has 6 nitrogen and oxygen atoms in total. The van der Waals surface area contributed by atoms with E-state index in [0.29, 0.717) is 43.9 Å². The third-order valence-electron chi connectivity index (χ3n) is 5.67. The molecule has 2 aliphatic rings. The quantitative estimate of drug-likeness (QED) is 0.714. The van der Waals surface area contributed by atoms with Crippen LogP contribution in [0.2, 0.25) is 0 Å². The van der Waals surface area contributed by atoms with E-state index in [4.69, 9.17) is 10.5 Å². The summed E-state index contributed by atoms with van der Waals surface area (Å²) in [5, 5.41) is 6.05. The molecule has 27 heavy (non-hydrogen) atoms.